The smallest absolute Gasteiger partial charge is 0.107 e. The molecule has 4 nitrogen and oxygen atoms in total. The van der Waals surface area contributed by atoms with Gasteiger partial charge in [0.2, 0.25) is 0 Å². The van der Waals surface area contributed by atoms with Crippen molar-refractivity contribution in [1.82, 2.24) is 9.88 Å². The Morgan fingerprint density at radius 2 is 1.77 bits per heavy atom. The third kappa shape index (κ3) is 4.86. The predicted octanol–water partition coefficient (Wildman–Crippen LogP) is 4.48. The first-order chi connectivity index (χ1) is 12.3. The minimum atomic E-state index is 0. The Bertz CT molecular complexity index is 666. The summed E-state index contributed by atoms with van der Waals surface area (Å²) < 4.78 is 0. The summed E-state index contributed by atoms with van der Waals surface area (Å²) >= 11 is 0. The number of aromatic nitrogens is 1. The maximum absolute atomic E-state index is 4.63. The van der Waals surface area contributed by atoms with Gasteiger partial charge in [0.1, 0.15) is 6.17 Å². The van der Waals surface area contributed by atoms with Gasteiger partial charge in [0.15, 0.2) is 0 Å². The Hall–Kier alpha value is -1.38. The van der Waals surface area contributed by atoms with Crippen LogP contribution in [0.2, 0.25) is 0 Å². The third-order valence-corrected chi connectivity index (χ3v) is 4.82. The Labute approximate surface area is 172 Å². The van der Waals surface area contributed by atoms with Gasteiger partial charge in [0.25, 0.3) is 0 Å². The molecule has 0 saturated carbocycles. The van der Waals surface area contributed by atoms with Crippen molar-refractivity contribution in [2.24, 2.45) is 0 Å². The summed E-state index contributed by atoms with van der Waals surface area (Å²) in [6, 6.07) is 12.6. The zero-order valence-corrected chi connectivity index (χ0v) is 18.7. The summed E-state index contributed by atoms with van der Waals surface area (Å²) in [5.41, 5.74) is 5.05. The third-order valence-electron chi connectivity index (χ3n) is 4.82. The van der Waals surface area contributed by atoms with E-state index in [2.05, 4.69) is 57.9 Å². The van der Waals surface area contributed by atoms with Gasteiger partial charge in [-0.15, -0.1) is 0 Å². The molecule has 1 aromatic heterocycles. The summed E-state index contributed by atoms with van der Waals surface area (Å²) in [5, 5.41) is 7.03. The maximum atomic E-state index is 4.63. The molecule has 0 radical (unpaired) electrons. The molecule has 0 fully saturated rings. The average Bonchev–Trinajstić information content (AvgIpc) is 3.06. The fourth-order valence-corrected chi connectivity index (χ4v) is 3.77. The Kier molecular flexibility index (Phi) is 8.11. The molecule has 0 spiro atoms. The number of anilines is 2. The van der Waals surface area contributed by atoms with Crippen molar-refractivity contribution in [2.75, 3.05) is 23.7 Å². The summed E-state index contributed by atoms with van der Waals surface area (Å²) in [5.74, 6) is 0.501. The number of aryl methyl sites for hydroxylation is 1. The zero-order valence-electron chi connectivity index (χ0n) is 15.7. The van der Waals surface area contributed by atoms with Crippen LogP contribution in [0.15, 0.2) is 42.6 Å². The predicted molar refractivity (Wildman–Crippen MR) is 106 cm³/mol. The number of nitrogens with zero attached hydrogens (tertiary/aromatic N) is 2. The van der Waals surface area contributed by atoms with Crippen molar-refractivity contribution in [3.63, 3.8) is 0 Å². The molecule has 1 aliphatic carbocycles. The number of rotatable bonds is 4. The molecule has 0 saturated heterocycles. The van der Waals surface area contributed by atoms with Gasteiger partial charge in [-0.2, -0.15) is 0 Å². The van der Waals surface area contributed by atoms with E-state index in [0.29, 0.717) is 5.92 Å². The molecule has 1 aliphatic heterocycles. The maximum Gasteiger partial charge on any atom is 0.107 e. The summed E-state index contributed by atoms with van der Waals surface area (Å²) in [4.78, 5) is 6.80. The SMILES string of the molecule is CC.[CH2-]N(CC1Nc2ccccc2N1)CC1CCCc2cccnc21.[W]. The first-order valence-corrected chi connectivity index (χ1v) is 9.41. The Balaban J connectivity index is 0.000000784. The number of para-hydroxylation sites is 2. The normalized spacial score (nSPS) is 17.8. The molecule has 26 heavy (non-hydrogen) atoms. The molecule has 4 rings (SSSR count). The van der Waals surface area contributed by atoms with E-state index < -0.39 is 0 Å². The summed E-state index contributed by atoms with van der Waals surface area (Å²) in [6.45, 7) is 5.83. The van der Waals surface area contributed by atoms with Gasteiger partial charge in [-0.25, -0.2) is 0 Å². The fraction of sp³-hybridized carbons (Fsp3) is 0.429. The molecule has 2 heterocycles. The number of pyridine rings is 1. The van der Waals surface area contributed by atoms with Gasteiger partial charge in [0, 0.05) is 45.4 Å². The molecule has 0 amide bonds. The molecular weight excluding hydrogens is 492 g/mol. The molecular formula is C21H29N4W-. The largest absolute Gasteiger partial charge is 0.455 e. The van der Waals surface area contributed by atoms with E-state index >= 15 is 0 Å². The summed E-state index contributed by atoms with van der Waals surface area (Å²) in [7, 11) is 4.26. The van der Waals surface area contributed by atoms with Gasteiger partial charge in [-0.3, -0.25) is 12.0 Å². The van der Waals surface area contributed by atoms with Crippen LogP contribution in [0, 0.1) is 7.05 Å². The van der Waals surface area contributed by atoms with Crippen LogP contribution in [-0.4, -0.2) is 29.1 Å². The molecule has 2 N–H and O–H groups in total. The minimum Gasteiger partial charge on any atom is -0.455 e. The molecule has 2 aromatic rings. The van der Waals surface area contributed by atoms with E-state index in [4.69, 9.17) is 0 Å². The first kappa shape index (κ1) is 20.9. The Morgan fingerprint density at radius 3 is 2.46 bits per heavy atom. The van der Waals surface area contributed by atoms with Crippen LogP contribution < -0.4 is 10.6 Å². The van der Waals surface area contributed by atoms with Gasteiger partial charge >= 0.3 is 0 Å². The molecule has 1 aromatic carbocycles. The standard InChI is InChI=1S/C19H23N4.C2H6.W/c1-23(13-18-21-16-9-2-3-10-17(16)22-18)12-15-7-4-6-14-8-5-11-20-19(14)15;1-2;/h2-3,5,8-11,15,18,21-22H,1,4,6-7,12-13H2;1-2H3;/q-1;;. The van der Waals surface area contributed by atoms with Crippen molar-refractivity contribution in [1.29, 1.82) is 0 Å². The average molecular weight is 521 g/mol. The van der Waals surface area contributed by atoms with Gasteiger partial charge in [-0.1, -0.05) is 32.0 Å². The van der Waals surface area contributed by atoms with Crippen LogP contribution in [0.3, 0.4) is 0 Å². The van der Waals surface area contributed by atoms with Gasteiger partial charge in [-0.05, 0) is 49.6 Å². The van der Waals surface area contributed by atoms with Crippen molar-refractivity contribution in [3.8, 4) is 0 Å². The van der Waals surface area contributed by atoms with E-state index in [0.717, 1.165) is 19.5 Å². The fourth-order valence-electron chi connectivity index (χ4n) is 3.77. The van der Waals surface area contributed by atoms with Crippen LogP contribution >= 0.6 is 0 Å². The molecule has 1 unspecified atom stereocenters. The molecule has 5 heteroatoms. The monoisotopic (exact) mass is 521 g/mol. The van der Waals surface area contributed by atoms with Crippen molar-refractivity contribution in [3.05, 3.63) is 60.9 Å². The first-order valence-electron chi connectivity index (χ1n) is 9.41. The van der Waals surface area contributed by atoms with E-state index in [1.807, 2.05) is 26.1 Å². The molecule has 0 bridgehead atoms. The van der Waals surface area contributed by atoms with E-state index in [-0.39, 0.29) is 27.2 Å². The zero-order chi connectivity index (χ0) is 17.6. The molecule has 1 atom stereocenters. The van der Waals surface area contributed by atoms with Crippen LogP contribution in [0.4, 0.5) is 11.4 Å². The van der Waals surface area contributed by atoms with Gasteiger partial charge < -0.3 is 15.5 Å². The van der Waals surface area contributed by atoms with E-state index in [1.165, 1.54) is 35.5 Å². The van der Waals surface area contributed by atoms with Crippen LogP contribution in [0.25, 0.3) is 0 Å². The number of benzene rings is 1. The second-order valence-corrected chi connectivity index (χ2v) is 6.56. The second-order valence-electron chi connectivity index (χ2n) is 6.56. The number of hydrogen-bond acceptors (Lipinski definition) is 4. The van der Waals surface area contributed by atoms with E-state index in [1.54, 1.807) is 0 Å². The quantitative estimate of drug-likeness (QED) is 0.583. The van der Waals surface area contributed by atoms with Crippen LogP contribution in [0.1, 0.15) is 43.9 Å². The number of nitrogens with one attached hydrogen (secondary N) is 2. The van der Waals surface area contributed by atoms with Gasteiger partial charge in [0.05, 0.1) is 11.4 Å². The minimum absolute atomic E-state index is 0. The number of fused-ring (bicyclic) bond motifs is 2. The second kappa shape index (κ2) is 10.1. The van der Waals surface area contributed by atoms with Crippen molar-refractivity contribution < 1.29 is 21.1 Å². The van der Waals surface area contributed by atoms with Crippen LogP contribution in [-0.2, 0) is 27.5 Å². The Morgan fingerprint density at radius 1 is 1.08 bits per heavy atom. The van der Waals surface area contributed by atoms with Crippen molar-refractivity contribution in [2.45, 2.75) is 45.2 Å². The van der Waals surface area contributed by atoms with Crippen LogP contribution in [0.5, 0.6) is 0 Å². The molecule has 2 aliphatic rings. The topological polar surface area (TPSA) is 40.2 Å². The van der Waals surface area contributed by atoms with Crippen molar-refractivity contribution >= 4 is 11.4 Å². The number of hydrogen-bond donors (Lipinski definition) is 2. The molecule has 140 valence electrons. The van der Waals surface area contributed by atoms with E-state index in [9.17, 15) is 0 Å². The summed E-state index contributed by atoms with van der Waals surface area (Å²) in [6.07, 6.45) is 5.76.